The topological polar surface area (TPSA) is 128 Å². The van der Waals surface area contributed by atoms with Crippen LogP contribution in [0.3, 0.4) is 0 Å². The van der Waals surface area contributed by atoms with Crippen molar-refractivity contribution in [3.63, 3.8) is 0 Å². The van der Waals surface area contributed by atoms with Gasteiger partial charge in [-0.1, -0.05) is 41.9 Å². The zero-order valence-corrected chi connectivity index (χ0v) is 25.2. The summed E-state index contributed by atoms with van der Waals surface area (Å²) in [6.45, 7) is 5.61. The van der Waals surface area contributed by atoms with Crippen molar-refractivity contribution in [2.24, 2.45) is 0 Å². The molecule has 43 heavy (non-hydrogen) atoms. The number of aliphatic hydroxyl groups is 1. The van der Waals surface area contributed by atoms with Crippen LogP contribution in [0.1, 0.15) is 28.8 Å². The van der Waals surface area contributed by atoms with Crippen LogP contribution < -0.4 is 15.4 Å². The molecule has 4 N–H and O–H groups in total. The number of aromatic nitrogens is 3. The van der Waals surface area contributed by atoms with Crippen molar-refractivity contribution >= 4 is 46.0 Å². The molecule has 0 unspecified atom stereocenters. The fraction of sp³-hybridized carbons (Fsp3) is 0.387. The lowest BCUT2D eigenvalue weighted by Crippen LogP contribution is -2.50. The maximum absolute atomic E-state index is 13.4. The van der Waals surface area contributed by atoms with Crippen molar-refractivity contribution in [3.8, 4) is 5.75 Å². The molecule has 0 radical (unpaired) electrons. The first kappa shape index (κ1) is 30.6. The summed E-state index contributed by atoms with van der Waals surface area (Å²) in [6.07, 6.45) is 3.65. The number of ether oxygens (including phenoxy) is 2. The van der Waals surface area contributed by atoms with Crippen LogP contribution in [0.25, 0.3) is 11.0 Å². The number of aliphatic hydroxyl groups excluding tert-OH is 1. The Morgan fingerprint density at radius 1 is 1.09 bits per heavy atom. The summed E-state index contributed by atoms with van der Waals surface area (Å²) in [5, 5.41) is 14.9. The molecule has 6 rings (SSSR count). The summed E-state index contributed by atoms with van der Waals surface area (Å²) in [5.41, 5.74) is 2.97. The number of likely N-dealkylation sites (tertiary alicyclic amines) is 1. The highest BCUT2D eigenvalue weighted by molar-refractivity contribution is 6.36. The summed E-state index contributed by atoms with van der Waals surface area (Å²) in [7, 11) is 2.59. The van der Waals surface area contributed by atoms with Crippen molar-refractivity contribution in [3.05, 3.63) is 70.9 Å². The number of halogens is 1. The molecule has 0 bridgehead atoms. The molecule has 0 aliphatic carbocycles. The van der Waals surface area contributed by atoms with Gasteiger partial charge in [0.1, 0.15) is 17.2 Å². The minimum Gasteiger partial charge on any atom is -0.495 e. The van der Waals surface area contributed by atoms with E-state index in [9.17, 15) is 4.79 Å². The maximum Gasteiger partial charge on any atom is 0.253 e. The monoisotopic (exact) mass is 607 g/mol. The van der Waals surface area contributed by atoms with Gasteiger partial charge in [-0.3, -0.25) is 9.69 Å². The van der Waals surface area contributed by atoms with Crippen LogP contribution in [-0.2, 0) is 11.3 Å². The molecule has 0 atom stereocenters. The minimum absolute atomic E-state index is 0.0152. The van der Waals surface area contributed by atoms with Gasteiger partial charge >= 0.3 is 0 Å². The molecule has 2 aromatic carbocycles. The second-order valence-corrected chi connectivity index (χ2v) is 10.7. The molecule has 11 nitrogen and oxygen atoms in total. The zero-order chi connectivity index (χ0) is 30.2. The molecule has 2 saturated heterocycles. The van der Waals surface area contributed by atoms with Gasteiger partial charge < -0.3 is 35.1 Å². The predicted molar refractivity (Wildman–Crippen MR) is 168 cm³/mol. The van der Waals surface area contributed by atoms with Gasteiger partial charge in [-0.2, -0.15) is 9.97 Å². The lowest BCUT2D eigenvalue weighted by molar-refractivity contribution is 0.00159. The fourth-order valence-corrected chi connectivity index (χ4v) is 5.80. The number of rotatable bonds is 8. The van der Waals surface area contributed by atoms with Gasteiger partial charge in [-0.25, -0.2) is 0 Å². The van der Waals surface area contributed by atoms with E-state index < -0.39 is 0 Å². The number of aromatic amines is 1. The highest BCUT2D eigenvalue weighted by Crippen LogP contribution is 2.33. The van der Waals surface area contributed by atoms with Crippen LogP contribution >= 0.6 is 11.6 Å². The van der Waals surface area contributed by atoms with Gasteiger partial charge in [0.05, 0.1) is 36.4 Å². The van der Waals surface area contributed by atoms with Gasteiger partial charge in [0.2, 0.25) is 5.95 Å². The Morgan fingerprint density at radius 2 is 1.84 bits per heavy atom. The number of piperidine rings is 1. The van der Waals surface area contributed by atoms with Crippen LogP contribution in [0, 0.1) is 0 Å². The first-order valence-electron chi connectivity index (χ1n) is 14.4. The second-order valence-electron chi connectivity index (χ2n) is 10.3. The number of carbonyl (C=O) groups excluding carboxylic acids is 1. The summed E-state index contributed by atoms with van der Waals surface area (Å²) >= 11 is 6.44. The molecule has 2 fully saturated rings. The van der Waals surface area contributed by atoms with Gasteiger partial charge in [0, 0.05) is 57.6 Å². The van der Waals surface area contributed by atoms with Crippen molar-refractivity contribution in [2.75, 3.05) is 64.2 Å². The quantitative estimate of drug-likeness (QED) is 0.229. The fourth-order valence-electron chi connectivity index (χ4n) is 5.57. The highest BCUT2D eigenvalue weighted by Gasteiger charge is 2.28. The Morgan fingerprint density at radius 3 is 2.56 bits per heavy atom. The number of H-pyrrole nitrogens is 1. The molecule has 2 aliphatic heterocycles. The Balaban J connectivity index is 0.00000180. The van der Waals surface area contributed by atoms with Crippen LogP contribution in [0.5, 0.6) is 5.75 Å². The number of nitrogens with one attached hydrogen (secondary N) is 3. The molecule has 0 spiro atoms. The molecule has 228 valence electrons. The zero-order valence-electron chi connectivity index (χ0n) is 24.5. The highest BCUT2D eigenvalue weighted by atomic mass is 35.5. The Hall–Kier alpha value is -3.90. The third-order valence-corrected chi connectivity index (χ3v) is 8.09. The van der Waals surface area contributed by atoms with E-state index in [2.05, 4.69) is 25.5 Å². The number of fused-ring (bicyclic) bond motifs is 1. The van der Waals surface area contributed by atoms with Crippen LogP contribution in [0.2, 0.25) is 5.02 Å². The summed E-state index contributed by atoms with van der Waals surface area (Å²) < 4.78 is 11.2. The normalized spacial score (nSPS) is 16.0. The smallest absolute Gasteiger partial charge is 0.253 e. The summed E-state index contributed by atoms with van der Waals surface area (Å²) in [6, 6.07) is 16.0. The van der Waals surface area contributed by atoms with Crippen molar-refractivity contribution in [2.45, 2.75) is 25.4 Å². The molecule has 2 aromatic heterocycles. The van der Waals surface area contributed by atoms with E-state index in [0.717, 1.165) is 70.3 Å². The van der Waals surface area contributed by atoms with Crippen LogP contribution in [0.4, 0.5) is 17.5 Å². The Bertz CT molecular complexity index is 1500. The number of anilines is 3. The third kappa shape index (κ3) is 7.19. The number of benzene rings is 2. The number of nitrogens with zero attached hydrogens (tertiary/aromatic N) is 4. The lowest BCUT2D eigenvalue weighted by atomic mass is 10.0. The molecular formula is C31H38ClN7O4. The number of carbonyl (C=O) groups is 1. The van der Waals surface area contributed by atoms with Crippen molar-refractivity contribution in [1.82, 2.24) is 24.8 Å². The predicted octanol–water partition coefficient (Wildman–Crippen LogP) is 4.52. The van der Waals surface area contributed by atoms with Gasteiger partial charge in [-0.05, 0) is 36.6 Å². The van der Waals surface area contributed by atoms with E-state index in [1.54, 1.807) is 19.4 Å². The molecule has 4 heterocycles. The van der Waals surface area contributed by atoms with E-state index in [1.165, 1.54) is 0 Å². The maximum atomic E-state index is 13.4. The molecule has 1 amide bonds. The molecule has 4 aromatic rings. The van der Waals surface area contributed by atoms with Crippen molar-refractivity contribution in [1.29, 1.82) is 0 Å². The molecule has 12 heteroatoms. The standard InChI is InChI=1S/C30H34ClN7O3.CH4O/c1-40-25-17-21(29(39)38-11-9-22(10-12-38)37-13-15-41-16-14-37)7-8-24(25)34-30-35-27(26-23(31)19-33-28(26)36-30)32-18-20-5-3-2-4-6-20;1-2/h2-8,17,19,22H,9-16,18H2,1H3,(H3,32,33,34,35,36);2H,1H3. The van der Waals surface area contributed by atoms with E-state index in [1.807, 2.05) is 47.4 Å². The second kappa shape index (κ2) is 14.5. The minimum atomic E-state index is 0.0152. The number of morpholine rings is 1. The molecule has 2 aliphatic rings. The number of hydrogen-bond donors (Lipinski definition) is 4. The van der Waals surface area contributed by atoms with E-state index in [0.29, 0.717) is 52.0 Å². The SMILES string of the molecule is CO.COc1cc(C(=O)N2CCC(N3CCOCC3)CC2)ccc1Nc1nc(NCc2ccccc2)c2c(Cl)c[nH]c2n1. The lowest BCUT2D eigenvalue weighted by Gasteiger charge is -2.40. The van der Waals surface area contributed by atoms with Gasteiger partial charge in [-0.15, -0.1) is 0 Å². The summed E-state index contributed by atoms with van der Waals surface area (Å²) in [4.78, 5) is 30.2. The number of hydrogen-bond acceptors (Lipinski definition) is 9. The van der Waals surface area contributed by atoms with Gasteiger partial charge in [0.15, 0.2) is 0 Å². The van der Waals surface area contributed by atoms with Crippen LogP contribution in [0.15, 0.2) is 54.7 Å². The summed E-state index contributed by atoms with van der Waals surface area (Å²) in [5.74, 6) is 1.53. The first-order chi connectivity index (χ1) is 21.1. The molecular weight excluding hydrogens is 570 g/mol. The van der Waals surface area contributed by atoms with Crippen molar-refractivity contribution < 1.29 is 19.4 Å². The first-order valence-corrected chi connectivity index (χ1v) is 14.8. The number of amides is 1. The van der Waals surface area contributed by atoms with E-state index in [-0.39, 0.29) is 5.91 Å². The third-order valence-electron chi connectivity index (χ3n) is 7.79. The average molecular weight is 608 g/mol. The van der Waals surface area contributed by atoms with Gasteiger partial charge in [0.25, 0.3) is 5.91 Å². The largest absolute Gasteiger partial charge is 0.495 e. The Labute approximate surface area is 256 Å². The molecule has 0 saturated carbocycles. The average Bonchev–Trinajstić information content (AvgIpc) is 3.45. The van der Waals surface area contributed by atoms with E-state index >= 15 is 0 Å². The van der Waals surface area contributed by atoms with E-state index in [4.69, 9.17) is 31.2 Å². The Kier molecular flexibility index (Phi) is 10.3. The number of methoxy groups -OCH3 is 1. The van der Waals surface area contributed by atoms with Crippen LogP contribution in [-0.4, -0.2) is 95.4 Å².